The highest BCUT2D eigenvalue weighted by molar-refractivity contribution is 5.99. The number of hydrogen-bond donors (Lipinski definition) is 0. The van der Waals surface area contributed by atoms with Gasteiger partial charge in [0.1, 0.15) is 5.75 Å². The van der Waals surface area contributed by atoms with Gasteiger partial charge in [0.05, 0.1) is 25.4 Å². The second-order valence-corrected chi connectivity index (χ2v) is 5.48. The van der Waals surface area contributed by atoms with Gasteiger partial charge in [-0.15, -0.1) is 0 Å². The molecule has 0 bridgehead atoms. The maximum absolute atomic E-state index is 12.5. The average Bonchev–Trinajstić information content (AvgIpc) is 2.45. The van der Waals surface area contributed by atoms with E-state index in [1.807, 2.05) is 45.0 Å². The Bertz CT molecular complexity index is 447. The largest absolute Gasteiger partial charge is 0.497 e. The first-order valence-electron chi connectivity index (χ1n) is 7.09. The third kappa shape index (κ3) is 3.38. The summed E-state index contributed by atoms with van der Waals surface area (Å²) in [6, 6.07) is 7.17. The van der Waals surface area contributed by atoms with E-state index >= 15 is 0 Å². The molecule has 1 saturated heterocycles. The van der Waals surface area contributed by atoms with Crippen LogP contribution >= 0.6 is 0 Å². The second kappa shape index (κ2) is 6.37. The average molecular weight is 277 g/mol. The van der Waals surface area contributed by atoms with E-state index in [2.05, 4.69) is 4.90 Å². The third-order valence-electron chi connectivity index (χ3n) is 3.75. The fraction of sp³-hybridized carbons (Fsp3) is 0.562. The Labute approximate surface area is 120 Å². The van der Waals surface area contributed by atoms with Crippen LogP contribution in [0.4, 0.5) is 0 Å². The lowest BCUT2D eigenvalue weighted by molar-refractivity contribution is -0.0744. The predicted molar refractivity (Wildman–Crippen MR) is 78.4 cm³/mol. The van der Waals surface area contributed by atoms with Crippen molar-refractivity contribution in [3.05, 3.63) is 29.8 Å². The Morgan fingerprint density at radius 1 is 1.25 bits per heavy atom. The molecule has 4 nitrogen and oxygen atoms in total. The zero-order valence-electron chi connectivity index (χ0n) is 12.6. The van der Waals surface area contributed by atoms with Gasteiger partial charge in [0, 0.05) is 18.7 Å². The number of carbonyl (C=O) groups excluding carboxylic acids is 1. The van der Waals surface area contributed by atoms with E-state index in [0.717, 1.165) is 24.4 Å². The quantitative estimate of drug-likeness (QED) is 0.792. The molecule has 20 heavy (non-hydrogen) atoms. The molecule has 110 valence electrons. The Hall–Kier alpha value is -1.39. The Balaban J connectivity index is 2.07. The van der Waals surface area contributed by atoms with Crippen molar-refractivity contribution in [2.45, 2.75) is 39.0 Å². The van der Waals surface area contributed by atoms with Crippen molar-refractivity contribution in [3.8, 4) is 5.75 Å². The minimum Gasteiger partial charge on any atom is -0.497 e. The van der Waals surface area contributed by atoms with E-state index < -0.39 is 0 Å². The molecule has 0 aliphatic carbocycles. The lowest BCUT2D eigenvalue weighted by Crippen LogP contribution is -2.51. The molecule has 2 rings (SSSR count). The van der Waals surface area contributed by atoms with Gasteiger partial charge in [0.15, 0.2) is 5.78 Å². The van der Waals surface area contributed by atoms with Crippen LogP contribution < -0.4 is 4.74 Å². The van der Waals surface area contributed by atoms with Gasteiger partial charge in [0.25, 0.3) is 0 Å². The summed E-state index contributed by atoms with van der Waals surface area (Å²) in [4.78, 5) is 14.7. The van der Waals surface area contributed by atoms with Gasteiger partial charge in [-0.2, -0.15) is 0 Å². The number of rotatable bonds is 4. The van der Waals surface area contributed by atoms with Crippen molar-refractivity contribution in [1.82, 2.24) is 4.90 Å². The zero-order valence-corrected chi connectivity index (χ0v) is 12.6. The van der Waals surface area contributed by atoms with Crippen LogP contribution in [-0.2, 0) is 4.74 Å². The molecule has 1 aromatic rings. The number of hydrogen-bond acceptors (Lipinski definition) is 4. The maximum atomic E-state index is 12.5. The predicted octanol–water partition coefficient (Wildman–Crippen LogP) is 2.38. The van der Waals surface area contributed by atoms with E-state index in [4.69, 9.17) is 9.47 Å². The van der Waals surface area contributed by atoms with E-state index in [1.165, 1.54) is 0 Å². The molecule has 3 atom stereocenters. The van der Waals surface area contributed by atoms with Gasteiger partial charge in [-0.05, 0) is 45.0 Å². The fourth-order valence-corrected chi connectivity index (χ4v) is 2.70. The molecule has 0 amide bonds. The zero-order chi connectivity index (χ0) is 14.7. The first-order chi connectivity index (χ1) is 9.51. The van der Waals surface area contributed by atoms with Gasteiger partial charge in [0.2, 0.25) is 0 Å². The van der Waals surface area contributed by atoms with Crippen LogP contribution in [-0.4, -0.2) is 49.1 Å². The van der Waals surface area contributed by atoms with Gasteiger partial charge in [-0.1, -0.05) is 0 Å². The van der Waals surface area contributed by atoms with Crippen molar-refractivity contribution in [2.75, 3.05) is 20.2 Å². The maximum Gasteiger partial charge on any atom is 0.179 e. The van der Waals surface area contributed by atoms with Crippen LogP contribution in [0.1, 0.15) is 31.1 Å². The molecular weight excluding hydrogens is 254 g/mol. The van der Waals surface area contributed by atoms with Crippen LogP contribution in [0.15, 0.2) is 24.3 Å². The topological polar surface area (TPSA) is 38.8 Å². The van der Waals surface area contributed by atoms with Gasteiger partial charge in [-0.25, -0.2) is 0 Å². The van der Waals surface area contributed by atoms with Crippen molar-refractivity contribution in [1.29, 1.82) is 0 Å². The van der Waals surface area contributed by atoms with Crippen molar-refractivity contribution in [2.24, 2.45) is 0 Å². The molecule has 3 unspecified atom stereocenters. The van der Waals surface area contributed by atoms with Crippen LogP contribution in [0.25, 0.3) is 0 Å². The Morgan fingerprint density at radius 3 is 2.30 bits per heavy atom. The summed E-state index contributed by atoms with van der Waals surface area (Å²) in [6.45, 7) is 7.67. The molecule has 0 N–H and O–H groups in total. The van der Waals surface area contributed by atoms with Crippen LogP contribution in [0, 0.1) is 0 Å². The minimum atomic E-state index is -0.128. The summed E-state index contributed by atoms with van der Waals surface area (Å²) < 4.78 is 10.8. The lowest BCUT2D eigenvalue weighted by atomic mass is 10.0. The van der Waals surface area contributed by atoms with Gasteiger partial charge >= 0.3 is 0 Å². The molecular formula is C16H23NO3. The summed E-state index contributed by atoms with van der Waals surface area (Å²) in [7, 11) is 1.62. The highest BCUT2D eigenvalue weighted by atomic mass is 16.5. The molecule has 1 aromatic carbocycles. The van der Waals surface area contributed by atoms with E-state index in [0.29, 0.717) is 0 Å². The molecule has 0 radical (unpaired) electrons. The Kier molecular flexibility index (Phi) is 4.78. The molecule has 1 aliphatic heterocycles. The number of ketones is 1. The summed E-state index contributed by atoms with van der Waals surface area (Å²) in [6.07, 6.45) is 0.342. The molecule has 1 heterocycles. The molecule has 0 aromatic heterocycles. The highest BCUT2D eigenvalue weighted by Crippen LogP contribution is 2.18. The van der Waals surface area contributed by atoms with Crippen molar-refractivity contribution < 1.29 is 14.3 Å². The van der Waals surface area contributed by atoms with Crippen molar-refractivity contribution >= 4 is 5.78 Å². The molecule has 0 spiro atoms. The molecule has 4 heteroatoms. The normalized spacial score (nSPS) is 25.2. The van der Waals surface area contributed by atoms with E-state index in [9.17, 15) is 4.79 Å². The van der Waals surface area contributed by atoms with Crippen LogP contribution in [0.2, 0.25) is 0 Å². The summed E-state index contributed by atoms with van der Waals surface area (Å²) >= 11 is 0. The lowest BCUT2D eigenvalue weighted by Gasteiger charge is -2.38. The molecule has 1 fully saturated rings. The highest BCUT2D eigenvalue weighted by Gasteiger charge is 2.29. The number of carbonyl (C=O) groups is 1. The summed E-state index contributed by atoms with van der Waals surface area (Å²) in [5, 5.41) is 0. The fourth-order valence-electron chi connectivity index (χ4n) is 2.70. The number of Topliss-reactive ketones (excluding diaryl/α,β-unsaturated/α-hetero) is 1. The number of morpholine rings is 1. The summed E-state index contributed by atoms with van der Waals surface area (Å²) in [5.41, 5.74) is 0.727. The Morgan fingerprint density at radius 2 is 1.80 bits per heavy atom. The third-order valence-corrected chi connectivity index (χ3v) is 3.75. The van der Waals surface area contributed by atoms with Gasteiger partial charge < -0.3 is 9.47 Å². The molecule has 1 aliphatic rings. The molecule has 0 saturated carbocycles. The van der Waals surface area contributed by atoms with Crippen molar-refractivity contribution in [3.63, 3.8) is 0 Å². The number of nitrogens with zero attached hydrogens (tertiary/aromatic N) is 1. The number of ether oxygens (including phenoxy) is 2. The SMILES string of the molecule is COc1ccc(C(=O)C(C)N2CC(C)OC(C)C2)cc1. The smallest absolute Gasteiger partial charge is 0.179 e. The standard InChI is InChI=1S/C16H23NO3/c1-11-9-17(10-12(2)20-11)13(3)16(18)14-5-7-15(19-4)8-6-14/h5-8,11-13H,9-10H2,1-4H3. The number of methoxy groups -OCH3 is 1. The second-order valence-electron chi connectivity index (χ2n) is 5.48. The van der Waals surface area contributed by atoms with Crippen LogP contribution in [0.3, 0.4) is 0 Å². The first kappa shape index (κ1) is 15.0. The monoisotopic (exact) mass is 277 g/mol. The van der Waals surface area contributed by atoms with Crippen LogP contribution in [0.5, 0.6) is 5.75 Å². The van der Waals surface area contributed by atoms with E-state index in [1.54, 1.807) is 7.11 Å². The summed E-state index contributed by atoms with van der Waals surface area (Å²) in [5.74, 6) is 0.914. The first-order valence-corrected chi connectivity index (χ1v) is 7.09. The van der Waals surface area contributed by atoms with E-state index in [-0.39, 0.29) is 24.0 Å². The number of benzene rings is 1. The minimum absolute atomic E-state index is 0.128. The van der Waals surface area contributed by atoms with Gasteiger partial charge in [-0.3, -0.25) is 9.69 Å².